The molecule has 0 radical (unpaired) electrons. The van der Waals surface area contributed by atoms with E-state index in [4.69, 9.17) is 12.2 Å². The Bertz CT molecular complexity index is 725. The lowest BCUT2D eigenvalue weighted by Crippen LogP contribution is -2.42. The highest BCUT2D eigenvalue weighted by Crippen LogP contribution is 2.49. The van der Waals surface area contributed by atoms with Crippen molar-refractivity contribution in [3.8, 4) is 0 Å². The van der Waals surface area contributed by atoms with E-state index in [1.54, 1.807) is 12.3 Å². The molecule has 2 bridgehead atoms. The molecule has 0 aromatic carbocycles. The summed E-state index contributed by atoms with van der Waals surface area (Å²) in [6.45, 7) is 3.79. The molecule has 0 aliphatic heterocycles. The molecule has 3 N–H and O–H groups in total. The minimum absolute atomic E-state index is 0.0347. The standard InChI is InChI=1S/C16H24N4O2S2/c1-11(2)18-15(23)20-24(21,22)14-10-17-8-5-13(14)19-16-6-3-12(9-16)4-7-16/h5,8,10-12H,3-4,6-7,9H2,1-2H3,(H,17,19)(H2,18,20,23). The van der Waals surface area contributed by atoms with Gasteiger partial charge in [0.05, 0.1) is 5.69 Å². The maximum absolute atomic E-state index is 12.7. The van der Waals surface area contributed by atoms with Crippen LogP contribution in [0.1, 0.15) is 46.0 Å². The van der Waals surface area contributed by atoms with E-state index in [9.17, 15) is 8.42 Å². The van der Waals surface area contributed by atoms with Crippen LogP contribution in [0.25, 0.3) is 0 Å². The van der Waals surface area contributed by atoms with Gasteiger partial charge in [-0.25, -0.2) is 8.42 Å². The second-order valence-corrected chi connectivity index (χ2v) is 9.22. The predicted molar refractivity (Wildman–Crippen MR) is 98.4 cm³/mol. The lowest BCUT2D eigenvalue weighted by Gasteiger charge is -2.30. The van der Waals surface area contributed by atoms with Gasteiger partial charge >= 0.3 is 0 Å². The zero-order valence-corrected chi connectivity index (χ0v) is 15.6. The van der Waals surface area contributed by atoms with E-state index in [2.05, 4.69) is 20.3 Å². The fourth-order valence-electron chi connectivity index (χ4n) is 3.82. The summed E-state index contributed by atoms with van der Waals surface area (Å²) in [7, 11) is -3.78. The van der Waals surface area contributed by atoms with Crippen LogP contribution in [0.4, 0.5) is 5.69 Å². The van der Waals surface area contributed by atoms with Gasteiger partial charge in [0.1, 0.15) is 4.90 Å². The maximum Gasteiger partial charge on any atom is 0.267 e. The van der Waals surface area contributed by atoms with E-state index in [1.165, 1.54) is 19.0 Å². The first kappa shape index (κ1) is 17.4. The molecule has 1 aromatic rings. The van der Waals surface area contributed by atoms with Gasteiger partial charge < -0.3 is 10.6 Å². The first-order valence-electron chi connectivity index (χ1n) is 8.35. The van der Waals surface area contributed by atoms with Gasteiger partial charge in [0.15, 0.2) is 5.11 Å². The number of pyridine rings is 1. The van der Waals surface area contributed by atoms with Crippen molar-refractivity contribution in [2.24, 2.45) is 5.92 Å². The third-order valence-electron chi connectivity index (χ3n) is 4.86. The van der Waals surface area contributed by atoms with Gasteiger partial charge in [-0.05, 0) is 70.2 Å². The summed E-state index contributed by atoms with van der Waals surface area (Å²) >= 11 is 5.07. The van der Waals surface area contributed by atoms with Crippen molar-refractivity contribution in [1.82, 2.24) is 15.0 Å². The first-order valence-corrected chi connectivity index (χ1v) is 10.2. The number of sulfonamides is 1. The van der Waals surface area contributed by atoms with Crippen molar-refractivity contribution in [3.63, 3.8) is 0 Å². The molecule has 0 amide bonds. The summed E-state index contributed by atoms with van der Waals surface area (Å²) in [6.07, 6.45) is 8.75. The number of thiocarbonyl (C=S) groups is 1. The Morgan fingerprint density at radius 1 is 1.38 bits per heavy atom. The fraction of sp³-hybridized carbons (Fsp3) is 0.625. The number of hydrogen-bond donors (Lipinski definition) is 3. The van der Waals surface area contributed by atoms with E-state index < -0.39 is 10.0 Å². The summed E-state index contributed by atoms with van der Waals surface area (Å²) in [5.41, 5.74) is 0.639. The minimum atomic E-state index is -3.78. The predicted octanol–water partition coefficient (Wildman–Crippen LogP) is 2.39. The Hall–Kier alpha value is -1.41. The van der Waals surface area contributed by atoms with Crippen molar-refractivity contribution < 1.29 is 8.42 Å². The first-order chi connectivity index (χ1) is 11.3. The van der Waals surface area contributed by atoms with E-state index in [0.717, 1.165) is 25.2 Å². The van der Waals surface area contributed by atoms with Crippen molar-refractivity contribution in [2.75, 3.05) is 5.32 Å². The van der Waals surface area contributed by atoms with Crippen LogP contribution in [-0.2, 0) is 10.0 Å². The highest BCUT2D eigenvalue weighted by atomic mass is 32.2. The molecule has 8 heteroatoms. The number of aromatic nitrogens is 1. The van der Waals surface area contributed by atoms with Gasteiger partial charge in [-0.3, -0.25) is 9.71 Å². The van der Waals surface area contributed by atoms with Gasteiger partial charge in [-0.1, -0.05) is 0 Å². The van der Waals surface area contributed by atoms with Crippen LogP contribution in [0, 0.1) is 5.92 Å². The summed E-state index contributed by atoms with van der Waals surface area (Å²) in [6, 6.07) is 1.79. The fourth-order valence-corrected chi connectivity index (χ4v) is 5.40. The number of anilines is 1. The van der Waals surface area contributed by atoms with Crippen LogP contribution in [0.2, 0.25) is 0 Å². The van der Waals surface area contributed by atoms with Gasteiger partial charge in [0.25, 0.3) is 10.0 Å². The van der Waals surface area contributed by atoms with Crippen LogP contribution in [-0.4, -0.2) is 30.1 Å². The third-order valence-corrected chi connectivity index (χ3v) is 6.59. The lowest BCUT2D eigenvalue weighted by molar-refractivity contribution is 0.446. The van der Waals surface area contributed by atoms with Crippen LogP contribution in [0.15, 0.2) is 23.4 Å². The van der Waals surface area contributed by atoms with Crippen LogP contribution in [0.5, 0.6) is 0 Å². The van der Waals surface area contributed by atoms with Crippen molar-refractivity contribution >= 4 is 33.0 Å². The molecule has 6 nitrogen and oxygen atoms in total. The number of hydrogen-bond acceptors (Lipinski definition) is 5. The molecular formula is C16H24N4O2S2. The summed E-state index contributed by atoms with van der Waals surface area (Å²) < 4.78 is 27.8. The molecule has 2 saturated carbocycles. The Labute approximate surface area is 148 Å². The molecule has 2 aliphatic rings. The molecule has 0 unspecified atom stereocenters. The molecule has 132 valence electrons. The summed E-state index contributed by atoms with van der Waals surface area (Å²) in [5, 5.41) is 6.50. The topological polar surface area (TPSA) is 83.1 Å². The maximum atomic E-state index is 12.7. The normalized spacial score (nSPS) is 25.7. The van der Waals surface area contributed by atoms with Gasteiger partial charge in [-0.15, -0.1) is 0 Å². The van der Waals surface area contributed by atoms with E-state index >= 15 is 0 Å². The Kier molecular flexibility index (Phi) is 4.70. The van der Waals surface area contributed by atoms with Gasteiger partial charge in [0.2, 0.25) is 0 Å². The van der Waals surface area contributed by atoms with Crippen LogP contribution < -0.4 is 15.4 Å². The monoisotopic (exact) mass is 368 g/mol. The van der Waals surface area contributed by atoms with Crippen molar-refractivity contribution in [3.05, 3.63) is 18.5 Å². The number of rotatable bonds is 5. The molecule has 0 saturated heterocycles. The van der Waals surface area contributed by atoms with E-state index in [0.29, 0.717) is 5.69 Å². The molecule has 2 fully saturated rings. The molecule has 1 aromatic heterocycles. The quantitative estimate of drug-likeness (QED) is 0.692. The number of fused-ring (bicyclic) bond motifs is 2. The minimum Gasteiger partial charge on any atom is -0.378 e. The number of nitrogens with one attached hydrogen (secondary N) is 3. The average Bonchev–Trinajstić information content (AvgIpc) is 3.06. The van der Waals surface area contributed by atoms with Crippen molar-refractivity contribution in [2.45, 2.75) is 62.4 Å². The highest BCUT2D eigenvalue weighted by molar-refractivity contribution is 7.92. The summed E-state index contributed by atoms with van der Waals surface area (Å²) in [5.74, 6) is 0.778. The smallest absolute Gasteiger partial charge is 0.267 e. The average molecular weight is 369 g/mol. The Morgan fingerprint density at radius 2 is 2.08 bits per heavy atom. The lowest BCUT2D eigenvalue weighted by atomic mass is 9.93. The van der Waals surface area contributed by atoms with Crippen LogP contribution in [0.3, 0.4) is 0 Å². The van der Waals surface area contributed by atoms with E-state index in [-0.39, 0.29) is 21.6 Å². The largest absolute Gasteiger partial charge is 0.378 e. The van der Waals surface area contributed by atoms with Gasteiger partial charge in [0, 0.05) is 24.0 Å². The molecule has 3 rings (SSSR count). The zero-order valence-electron chi connectivity index (χ0n) is 14.0. The molecular weight excluding hydrogens is 344 g/mol. The second kappa shape index (κ2) is 6.48. The van der Waals surface area contributed by atoms with Crippen molar-refractivity contribution in [1.29, 1.82) is 0 Å². The third kappa shape index (κ3) is 3.64. The van der Waals surface area contributed by atoms with Crippen LogP contribution >= 0.6 is 12.2 Å². The van der Waals surface area contributed by atoms with Gasteiger partial charge in [-0.2, -0.15) is 0 Å². The van der Waals surface area contributed by atoms with E-state index in [1.807, 2.05) is 13.8 Å². The number of nitrogens with zero attached hydrogens (tertiary/aromatic N) is 1. The molecule has 0 atom stereocenters. The SMILES string of the molecule is CC(C)NC(=S)NS(=O)(=O)c1cnccc1NC12CCC(CC1)C2. The Balaban J connectivity index is 1.82. The zero-order chi connectivity index (χ0) is 17.4. The molecule has 0 spiro atoms. The second-order valence-electron chi connectivity index (χ2n) is 7.16. The summed E-state index contributed by atoms with van der Waals surface area (Å²) in [4.78, 5) is 4.13. The molecule has 24 heavy (non-hydrogen) atoms. The highest BCUT2D eigenvalue weighted by Gasteiger charge is 2.45. The molecule has 2 aliphatic carbocycles. The molecule has 1 heterocycles. The Morgan fingerprint density at radius 3 is 2.67 bits per heavy atom.